The third-order valence-corrected chi connectivity index (χ3v) is 7.24. The van der Waals surface area contributed by atoms with E-state index in [9.17, 15) is 8.42 Å². The Balaban J connectivity index is 1.64. The topological polar surface area (TPSA) is 55.4 Å². The van der Waals surface area contributed by atoms with Crippen LogP contribution >= 0.6 is 0 Å². The number of sulfone groups is 1. The number of hydrogen-bond acceptors (Lipinski definition) is 4. The molecule has 2 atom stereocenters. The first kappa shape index (κ1) is 15.9. The summed E-state index contributed by atoms with van der Waals surface area (Å²) in [5.41, 5.74) is 1.03. The van der Waals surface area contributed by atoms with Crippen LogP contribution in [0.3, 0.4) is 0 Å². The molecule has 2 aliphatic rings. The molecular formula is C21H19NO3S. The molecule has 3 aromatic rings. The molecule has 1 N–H and O–H groups in total. The lowest BCUT2D eigenvalue weighted by Gasteiger charge is -2.24. The fourth-order valence-corrected chi connectivity index (χ4v) is 5.64. The first-order valence-corrected chi connectivity index (χ1v) is 10.4. The van der Waals surface area contributed by atoms with Crippen LogP contribution < -0.4 is 10.1 Å². The van der Waals surface area contributed by atoms with Crippen molar-refractivity contribution in [2.45, 2.75) is 28.2 Å². The molecule has 26 heavy (non-hydrogen) atoms. The number of fused-ring (bicyclic) bond motifs is 4. The highest BCUT2D eigenvalue weighted by Gasteiger charge is 2.37. The Morgan fingerprint density at radius 2 is 1.85 bits per heavy atom. The molecule has 0 radical (unpaired) electrons. The fourth-order valence-electron chi connectivity index (χ4n) is 4.12. The summed E-state index contributed by atoms with van der Waals surface area (Å²) in [4.78, 5) is 0.701. The van der Waals surface area contributed by atoms with Gasteiger partial charge in [-0.15, -0.1) is 0 Å². The molecular weight excluding hydrogens is 346 g/mol. The van der Waals surface area contributed by atoms with Gasteiger partial charge in [0.15, 0.2) is 0 Å². The van der Waals surface area contributed by atoms with E-state index in [2.05, 4.69) is 5.32 Å². The Hall–Kier alpha value is -2.37. The van der Waals surface area contributed by atoms with E-state index < -0.39 is 9.84 Å². The SMILES string of the molecule is O=S(=O)(c1ccc2c(c1)C1CCNCC1O2)c1cccc2ccccc12. The van der Waals surface area contributed by atoms with Crippen LogP contribution in [0.4, 0.5) is 0 Å². The lowest BCUT2D eigenvalue weighted by Crippen LogP contribution is -2.39. The van der Waals surface area contributed by atoms with Crippen molar-refractivity contribution >= 4 is 20.6 Å². The minimum Gasteiger partial charge on any atom is -0.488 e. The molecule has 0 spiro atoms. The molecule has 2 aliphatic heterocycles. The Labute approximate surface area is 152 Å². The van der Waals surface area contributed by atoms with Crippen molar-refractivity contribution in [3.63, 3.8) is 0 Å². The summed E-state index contributed by atoms with van der Waals surface area (Å²) in [6, 6.07) is 18.3. The summed E-state index contributed by atoms with van der Waals surface area (Å²) < 4.78 is 32.7. The first-order valence-electron chi connectivity index (χ1n) is 8.89. The fraction of sp³-hybridized carbons (Fsp3) is 0.238. The molecule has 5 rings (SSSR count). The number of rotatable bonds is 2. The van der Waals surface area contributed by atoms with Crippen LogP contribution in [0.25, 0.3) is 10.8 Å². The molecule has 1 fully saturated rings. The molecule has 3 aromatic carbocycles. The first-order chi connectivity index (χ1) is 12.6. The van der Waals surface area contributed by atoms with Crippen molar-refractivity contribution in [3.8, 4) is 5.75 Å². The standard InChI is InChI=1S/C21H19NO3S/c23-26(24,21-7-3-5-14-4-1-2-6-16(14)21)15-8-9-19-18(12-15)17-10-11-22-13-20(17)25-19/h1-9,12,17,20,22H,10-11,13H2. The molecule has 2 unspecified atom stereocenters. The molecule has 0 amide bonds. The van der Waals surface area contributed by atoms with Crippen molar-refractivity contribution in [2.75, 3.05) is 13.1 Å². The molecule has 4 nitrogen and oxygen atoms in total. The highest BCUT2D eigenvalue weighted by Crippen LogP contribution is 2.43. The Kier molecular flexibility index (Phi) is 3.55. The van der Waals surface area contributed by atoms with Crippen LogP contribution in [0.2, 0.25) is 0 Å². The van der Waals surface area contributed by atoms with E-state index in [1.807, 2.05) is 42.5 Å². The van der Waals surface area contributed by atoms with Crippen molar-refractivity contribution in [2.24, 2.45) is 0 Å². The Morgan fingerprint density at radius 3 is 2.77 bits per heavy atom. The summed E-state index contributed by atoms with van der Waals surface area (Å²) >= 11 is 0. The predicted molar refractivity (Wildman–Crippen MR) is 100 cm³/mol. The highest BCUT2D eigenvalue weighted by molar-refractivity contribution is 7.91. The summed E-state index contributed by atoms with van der Waals surface area (Å²) in [5.74, 6) is 1.09. The summed E-state index contributed by atoms with van der Waals surface area (Å²) in [7, 11) is -3.60. The smallest absolute Gasteiger partial charge is 0.207 e. The predicted octanol–water partition coefficient (Wildman–Crippen LogP) is 3.51. The van der Waals surface area contributed by atoms with Gasteiger partial charge in [-0.3, -0.25) is 0 Å². The van der Waals surface area contributed by atoms with Gasteiger partial charge in [-0.1, -0.05) is 36.4 Å². The van der Waals surface area contributed by atoms with E-state index in [1.165, 1.54) is 0 Å². The van der Waals surface area contributed by atoms with Crippen molar-refractivity contribution in [1.82, 2.24) is 5.32 Å². The summed E-state index contributed by atoms with van der Waals surface area (Å²) in [6.07, 6.45) is 1.07. The maximum atomic E-state index is 13.4. The zero-order chi connectivity index (χ0) is 17.7. The molecule has 2 heterocycles. The van der Waals surface area contributed by atoms with E-state index in [-0.39, 0.29) is 12.0 Å². The van der Waals surface area contributed by atoms with Crippen LogP contribution in [0.5, 0.6) is 5.75 Å². The van der Waals surface area contributed by atoms with Crippen LogP contribution in [-0.2, 0) is 9.84 Å². The van der Waals surface area contributed by atoms with Crippen LogP contribution in [0.1, 0.15) is 17.9 Å². The van der Waals surface area contributed by atoms with Crippen molar-refractivity contribution < 1.29 is 13.2 Å². The second-order valence-corrected chi connectivity index (χ2v) is 8.85. The maximum Gasteiger partial charge on any atom is 0.207 e. The lowest BCUT2D eigenvalue weighted by molar-refractivity contribution is 0.177. The van der Waals surface area contributed by atoms with Gasteiger partial charge in [-0.2, -0.15) is 0 Å². The lowest BCUT2D eigenvalue weighted by atomic mass is 9.90. The number of ether oxygens (including phenoxy) is 1. The van der Waals surface area contributed by atoms with E-state index in [1.54, 1.807) is 18.2 Å². The van der Waals surface area contributed by atoms with Crippen molar-refractivity contribution in [3.05, 3.63) is 66.2 Å². The van der Waals surface area contributed by atoms with Gasteiger partial charge in [-0.05, 0) is 42.6 Å². The summed E-state index contributed by atoms with van der Waals surface area (Å²) in [5, 5.41) is 5.02. The van der Waals surface area contributed by atoms with Gasteiger partial charge >= 0.3 is 0 Å². The van der Waals surface area contributed by atoms with Gasteiger partial charge in [0, 0.05) is 23.4 Å². The molecule has 0 saturated carbocycles. The summed E-state index contributed by atoms with van der Waals surface area (Å²) in [6.45, 7) is 1.75. The molecule has 0 bridgehead atoms. The van der Waals surface area contributed by atoms with E-state index in [4.69, 9.17) is 4.74 Å². The zero-order valence-corrected chi connectivity index (χ0v) is 15.0. The average Bonchev–Trinajstić information content (AvgIpc) is 3.05. The average molecular weight is 365 g/mol. The van der Waals surface area contributed by atoms with Gasteiger partial charge in [-0.25, -0.2) is 8.42 Å². The second kappa shape index (κ2) is 5.83. The van der Waals surface area contributed by atoms with Gasteiger partial charge in [0.1, 0.15) is 11.9 Å². The highest BCUT2D eigenvalue weighted by atomic mass is 32.2. The minimum absolute atomic E-state index is 0.106. The normalized spacial score (nSPS) is 21.8. The van der Waals surface area contributed by atoms with Crippen LogP contribution in [-0.4, -0.2) is 27.6 Å². The van der Waals surface area contributed by atoms with Gasteiger partial charge < -0.3 is 10.1 Å². The molecule has 1 saturated heterocycles. The van der Waals surface area contributed by atoms with Crippen LogP contribution in [0.15, 0.2) is 70.5 Å². The molecule has 132 valence electrons. The second-order valence-electron chi connectivity index (χ2n) is 6.94. The van der Waals surface area contributed by atoms with Gasteiger partial charge in [0.05, 0.1) is 9.79 Å². The van der Waals surface area contributed by atoms with Gasteiger partial charge in [0.2, 0.25) is 9.84 Å². The zero-order valence-electron chi connectivity index (χ0n) is 14.2. The Morgan fingerprint density at radius 1 is 1.00 bits per heavy atom. The number of nitrogens with one attached hydrogen (secondary N) is 1. The van der Waals surface area contributed by atoms with Crippen molar-refractivity contribution in [1.29, 1.82) is 0 Å². The third-order valence-electron chi connectivity index (χ3n) is 5.43. The van der Waals surface area contributed by atoms with E-state index >= 15 is 0 Å². The van der Waals surface area contributed by atoms with E-state index in [0.717, 1.165) is 41.6 Å². The molecule has 0 aromatic heterocycles. The third kappa shape index (κ3) is 2.35. The van der Waals surface area contributed by atoms with E-state index in [0.29, 0.717) is 9.79 Å². The minimum atomic E-state index is -3.60. The molecule has 0 aliphatic carbocycles. The van der Waals surface area contributed by atoms with Gasteiger partial charge in [0.25, 0.3) is 0 Å². The molecule has 5 heteroatoms. The number of hydrogen-bond donors (Lipinski definition) is 1. The number of piperidine rings is 1. The monoisotopic (exact) mass is 365 g/mol. The van der Waals surface area contributed by atoms with Crippen LogP contribution in [0, 0.1) is 0 Å². The quantitative estimate of drug-likeness (QED) is 0.755. The maximum absolute atomic E-state index is 13.4. The number of benzene rings is 3. The Bertz CT molecular complexity index is 1100. The largest absolute Gasteiger partial charge is 0.488 e.